The Balaban J connectivity index is 0.00000121. The van der Waals surface area contributed by atoms with Crippen LogP contribution in [0.4, 0.5) is 0 Å². The quantitative estimate of drug-likeness (QED) is 0.459. The first-order valence-electron chi connectivity index (χ1n) is 8.79. The van der Waals surface area contributed by atoms with Crippen molar-refractivity contribution in [3.8, 4) is 0 Å². The number of fused-ring (bicyclic) bond motifs is 2. The summed E-state index contributed by atoms with van der Waals surface area (Å²) in [7, 11) is 0. The van der Waals surface area contributed by atoms with Crippen LogP contribution in [0, 0.1) is 0 Å². The molecule has 3 heteroatoms. The largest absolute Gasteiger partial charge is 0.147 e. The molecule has 0 heterocycles. The summed E-state index contributed by atoms with van der Waals surface area (Å²) in [5.41, 5.74) is 9.18. The van der Waals surface area contributed by atoms with Crippen LogP contribution in [0.15, 0.2) is 59.7 Å². The summed E-state index contributed by atoms with van der Waals surface area (Å²) in [6.07, 6.45) is 4.85. The zero-order valence-corrected chi connectivity index (χ0v) is 18.9. The minimum Gasteiger partial charge on any atom is -0.147 e. The fourth-order valence-corrected chi connectivity index (χ4v) is 10.5. The van der Waals surface area contributed by atoms with Crippen molar-refractivity contribution >= 4 is 40.8 Å². The van der Waals surface area contributed by atoms with E-state index in [1.807, 2.05) is 0 Å². The Morgan fingerprint density at radius 1 is 0.692 bits per heavy atom. The predicted molar refractivity (Wildman–Crippen MR) is 117 cm³/mol. The Labute approximate surface area is 175 Å². The maximum Gasteiger partial charge on any atom is -0.147 e. The second kappa shape index (κ2) is 8.40. The van der Waals surface area contributed by atoms with Gasteiger partial charge in [0.1, 0.15) is 0 Å². The van der Waals surface area contributed by atoms with Gasteiger partial charge in [-0.1, -0.05) is 0 Å². The van der Waals surface area contributed by atoms with Crippen LogP contribution in [0.2, 0.25) is 0 Å². The molecule has 0 N–H and O–H groups in total. The summed E-state index contributed by atoms with van der Waals surface area (Å²) >= 11 is -1.57. The first kappa shape index (κ1) is 21.4. The summed E-state index contributed by atoms with van der Waals surface area (Å²) in [4.78, 5) is 0. The van der Waals surface area contributed by atoms with Crippen molar-refractivity contribution in [1.82, 2.24) is 0 Å². The van der Waals surface area contributed by atoms with Crippen LogP contribution in [0.3, 0.4) is 0 Å². The topological polar surface area (TPSA) is 0 Å². The van der Waals surface area contributed by atoms with E-state index in [1.165, 1.54) is 11.1 Å². The third-order valence-corrected chi connectivity index (χ3v) is 11.6. The summed E-state index contributed by atoms with van der Waals surface area (Å²) < 4.78 is 3.01. The van der Waals surface area contributed by atoms with Gasteiger partial charge in [0.05, 0.1) is 0 Å². The maximum atomic E-state index is 2.43. The van der Waals surface area contributed by atoms with Crippen molar-refractivity contribution in [2.75, 3.05) is 0 Å². The average Bonchev–Trinajstić information content (AvgIpc) is 3.05. The normalized spacial score (nSPS) is 19.4. The van der Waals surface area contributed by atoms with Gasteiger partial charge in [0.2, 0.25) is 0 Å². The van der Waals surface area contributed by atoms with E-state index >= 15 is 0 Å². The monoisotopic (exact) mass is 420 g/mol. The molecule has 0 amide bonds. The van der Waals surface area contributed by atoms with E-state index in [0.717, 1.165) is 0 Å². The fraction of sp³-hybridized carbons (Fsp3) is 0.261. The van der Waals surface area contributed by atoms with Gasteiger partial charge in [0, 0.05) is 0 Å². The molecule has 0 fully saturated rings. The molecule has 2 atom stereocenters. The summed E-state index contributed by atoms with van der Waals surface area (Å²) in [6, 6.07) is 18.1. The molecule has 0 spiro atoms. The Morgan fingerprint density at radius 2 is 1.08 bits per heavy atom. The van der Waals surface area contributed by atoms with Gasteiger partial charge in [-0.3, -0.25) is 0 Å². The molecule has 0 nitrogen and oxygen atoms in total. The van der Waals surface area contributed by atoms with Gasteiger partial charge >= 0.3 is 151 Å². The fourth-order valence-electron chi connectivity index (χ4n) is 4.53. The molecule has 26 heavy (non-hydrogen) atoms. The molecule has 2 aromatic carbocycles. The van der Waals surface area contributed by atoms with Gasteiger partial charge in [-0.05, 0) is 0 Å². The zero-order valence-electron chi connectivity index (χ0n) is 15.7. The number of allylic oxidation sites excluding steroid dienone is 2. The molecule has 4 rings (SSSR count). The first-order chi connectivity index (χ1) is 11.6. The van der Waals surface area contributed by atoms with E-state index in [0.29, 0.717) is 8.45 Å². The second-order valence-electron chi connectivity index (χ2n) is 7.36. The molecule has 0 saturated heterocycles. The van der Waals surface area contributed by atoms with Gasteiger partial charge in [0.25, 0.3) is 0 Å². The Bertz CT molecular complexity index is 848. The van der Waals surface area contributed by atoms with E-state index in [9.17, 15) is 0 Å². The Hall–Kier alpha value is -0.916. The molecule has 2 aliphatic rings. The van der Waals surface area contributed by atoms with Crippen molar-refractivity contribution in [3.05, 3.63) is 81.9 Å². The van der Waals surface area contributed by atoms with Crippen LogP contribution in [0.5, 0.6) is 0 Å². The molecule has 136 valence electrons. The molecular weight excluding hydrogens is 395 g/mol. The number of rotatable bonds is 2. The molecule has 0 saturated carbocycles. The minimum absolute atomic E-state index is 0. The van der Waals surface area contributed by atoms with E-state index in [-0.39, 0.29) is 24.8 Å². The molecule has 2 unspecified atom stereocenters. The van der Waals surface area contributed by atoms with Crippen LogP contribution in [-0.2, 0) is 17.4 Å². The van der Waals surface area contributed by atoms with Gasteiger partial charge < -0.3 is 0 Å². The molecule has 0 aromatic heterocycles. The van der Waals surface area contributed by atoms with Crippen molar-refractivity contribution in [2.45, 2.75) is 36.1 Å². The minimum atomic E-state index is -1.57. The zero-order chi connectivity index (χ0) is 16.8. The van der Waals surface area contributed by atoms with Gasteiger partial charge in [-0.2, -0.15) is 0 Å². The summed E-state index contributed by atoms with van der Waals surface area (Å²) in [6.45, 7) is 9.47. The molecular formula is C23H26Cl2Ti. The summed E-state index contributed by atoms with van der Waals surface area (Å²) in [5.74, 6) is 0. The van der Waals surface area contributed by atoms with Crippen molar-refractivity contribution in [2.24, 2.45) is 0 Å². The third kappa shape index (κ3) is 3.46. The molecule has 0 radical (unpaired) electrons. The van der Waals surface area contributed by atoms with Gasteiger partial charge in [-0.15, -0.1) is 24.8 Å². The Morgan fingerprint density at radius 3 is 1.46 bits per heavy atom. The number of benzene rings is 2. The third-order valence-electron chi connectivity index (χ3n) is 5.49. The van der Waals surface area contributed by atoms with Crippen LogP contribution in [-0.4, -0.2) is 3.81 Å². The smallest absolute Gasteiger partial charge is 0.147 e. The number of hydrogen-bond donors (Lipinski definition) is 0. The average molecular weight is 421 g/mol. The van der Waals surface area contributed by atoms with Gasteiger partial charge in [0.15, 0.2) is 0 Å². The van der Waals surface area contributed by atoms with Crippen LogP contribution >= 0.6 is 24.8 Å². The second-order valence-corrected chi connectivity index (χ2v) is 12.1. The van der Waals surface area contributed by atoms with Crippen LogP contribution < -0.4 is 0 Å². The summed E-state index contributed by atoms with van der Waals surface area (Å²) in [5, 5.41) is 0. The van der Waals surface area contributed by atoms with Crippen LogP contribution in [0.1, 0.15) is 58.4 Å². The number of hydrogen-bond acceptors (Lipinski definition) is 0. The molecule has 0 bridgehead atoms. The van der Waals surface area contributed by atoms with E-state index in [2.05, 4.69) is 88.4 Å². The van der Waals surface area contributed by atoms with E-state index < -0.39 is 17.4 Å². The Kier molecular flexibility index (Phi) is 6.91. The maximum absolute atomic E-state index is 2.43. The SMILES string of the molecule is CC1=Cc2ccccc2[CH]1[Ti](=[C](C)C)[CH]1C(C)=Cc2ccccc21.Cl.Cl. The molecule has 0 aliphatic heterocycles. The van der Waals surface area contributed by atoms with Gasteiger partial charge in [-0.25, -0.2) is 0 Å². The molecule has 2 aromatic rings. The standard InChI is InChI=1S/2C10H9.C3H6.2ClH.Ti/c2*1-8-6-9-4-2-3-5-10(9)7-8;1-3-2;;;/h2*2-7H,1H3;1-2H3;2*1H;. The predicted octanol–water partition coefficient (Wildman–Crippen LogP) is 6.98. The van der Waals surface area contributed by atoms with E-state index in [4.69, 9.17) is 0 Å². The van der Waals surface area contributed by atoms with Crippen molar-refractivity contribution in [1.29, 1.82) is 0 Å². The van der Waals surface area contributed by atoms with Crippen molar-refractivity contribution < 1.29 is 17.4 Å². The first-order valence-corrected chi connectivity index (χ1v) is 11.4. The van der Waals surface area contributed by atoms with Crippen LogP contribution in [0.25, 0.3) is 12.2 Å². The number of halogens is 2. The van der Waals surface area contributed by atoms with Crippen molar-refractivity contribution in [3.63, 3.8) is 0 Å². The molecule has 2 aliphatic carbocycles. The van der Waals surface area contributed by atoms with E-state index in [1.54, 1.807) is 26.1 Å².